The summed E-state index contributed by atoms with van der Waals surface area (Å²) in [6.45, 7) is 9.25. The van der Waals surface area contributed by atoms with Crippen molar-refractivity contribution in [3.05, 3.63) is 47.4 Å². The van der Waals surface area contributed by atoms with Crippen LogP contribution in [-0.4, -0.2) is 101 Å². The van der Waals surface area contributed by atoms with Gasteiger partial charge >= 0.3 is 12.1 Å². The van der Waals surface area contributed by atoms with Gasteiger partial charge in [0.25, 0.3) is 0 Å². The molecule has 4 aromatic rings. The third-order valence-corrected chi connectivity index (χ3v) is 11.1. The molecule has 4 aliphatic rings. The van der Waals surface area contributed by atoms with Crippen molar-refractivity contribution in [3.63, 3.8) is 0 Å². The maximum absolute atomic E-state index is 17.2. The summed E-state index contributed by atoms with van der Waals surface area (Å²) in [6, 6.07) is 9.07. The van der Waals surface area contributed by atoms with Gasteiger partial charge in [0.2, 0.25) is 0 Å². The number of pyridine rings is 1. The fourth-order valence-corrected chi connectivity index (χ4v) is 8.90. The van der Waals surface area contributed by atoms with Crippen LogP contribution >= 0.6 is 11.6 Å². The summed E-state index contributed by atoms with van der Waals surface area (Å²) in [6.07, 6.45) is 7.39. The highest BCUT2D eigenvalue weighted by atomic mass is 35.5. The molecule has 6 heterocycles. The lowest BCUT2D eigenvalue weighted by Crippen LogP contribution is -2.57. The number of nitrogens with zero attached hydrogens (tertiary/aromatic N) is 6. The van der Waals surface area contributed by atoms with Crippen molar-refractivity contribution in [2.45, 2.75) is 82.5 Å². The summed E-state index contributed by atoms with van der Waals surface area (Å²) in [5.74, 6) is 0.425. The van der Waals surface area contributed by atoms with Gasteiger partial charge in [-0.1, -0.05) is 23.7 Å². The number of aromatic nitrogens is 3. The van der Waals surface area contributed by atoms with Crippen LogP contribution in [0.2, 0.25) is 5.02 Å². The van der Waals surface area contributed by atoms with E-state index in [1.807, 2.05) is 43.9 Å². The van der Waals surface area contributed by atoms with E-state index >= 15 is 4.39 Å². The Kier molecular flexibility index (Phi) is 8.83. The van der Waals surface area contributed by atoms with Crippen molar-refractivity contribution < 1.29 is 28.1 Å². The highest BCUT2D eigenvalue weighted by Crippen LogP contribution is 2.42. The summed E-state index contributed by atoms with van der Waals surface area (Å²) in [7, 11) is 1.54. The Bertz CT molecular complexity index is 1970. The molecule has 8 rings (SSSR count). The molecular formula is C38H44ClFN6O5. The number of carbonyl (C=O) groups excluding carboxylic acids is 1. The van der Waals surface area contributed by atoms with Crippen molar-refractivity contribution in [3.8, 4) is 23.0 Å². The van der Waals surface area contributed by atoms with Gasteiger partial charge in [-0.05, 0) is 96.0 Å². The molecule has 1 amide bonds. The SMILES string of the molecule is COCOc1cc(-c2ncc3c(N4C[C@H]5CC[C@@H](C4)N5C(=O)OC(C)(C)C)nc(OCC45CCCN4CCC5)nc3c2F)c2c(Cl)cccc2c1. The monoisotopic (exact) mass is 718 g/mol. The van der Waals surface area contributed by atoms with Crippen LogP contribution in [0, 0.1) is 5.82 Å². The molecule has 4 fully saturated rings. The van der Waals surface area contributed by atoms with E-state index in [0.717, 1.165) is 57.0 Å². The molecule has 270 valence electrons. The fraction of sp³-hybridized carbons (Fsp3) is 0.526. The maximum Gasteiger partial charge on any atom is 0.410 e. The fourth-order valence-electron chi connectivity index (χ4n) is 8.62. The van der Waals surface area contributed by atoms with E-state index in [1.165, 1.54) is 0 Å². The van der Waals surface area contributed by atoms with E-state index in [2.05, 4.69) is 9.80 Å². The number of anilines is 1. The Morgan fingerprint density at radius 3 is 2.51 bits per heavy atom. The van der Waals surface area contributed by atoms with E-state index in [4.69, 9.17) is 45.5 Å². The first kappa shape index (κ1) is 34.1. The van der Waals surface area contributed by atoms with Crippen molar-refractivity contribution in [2.75, 3.05) is 51.6 Å². The number of fused-ring (bicyclic) bond motifs is 5. The first-order chi connectivity index (χ1) is 24.5. The molecule has 0 spiro atoms. The van der Waals surface area contributed by atoms with Gasteiger partial charge in [-0.25, -0.2) is 9.18 Å². The van der Waals surface area contributed by atoms with E-state index in [1.54, 1.807) is 25.4 Å². The maximum atomic E-state index is 17.2. The van der Waals surface area contributed by atoms with Gasteiger partial charge in [0.05, 0.1) is 23.0 Å². The molecule has 0 radical (unpaired) electrons. The quantitative estimate of drug-likeness (QED) is 0.174. The van der Waals surface area contributed by atoms with Crippen molar-refractivity contribution in [1.29, 1.82) is 0 Å². The van der Waals surface area contributed by atoms with E-state index in [0.29, 0.717) is 52.6 Å². The Morgan fingerprint density at radius 2 is 1.80 bits per heavy atom. The Labute approximate surface area is 302 Å². The third-order valence-electron chi connectivity index (χ3n) is 10.8. The average Bonchev–Trinajstić information content (AvgIpc) is 3.76. The first-order valence-electron chi connectivity index (χ1n) is 17.9. The van der Waals surface area contributed by atoms with Crippen LogP contribution in [0.25, 0.3) is 32.9 Å². The largest absolute Gasteiger partial charge is 0.468 e. The zero-order chi connectivity index (χ0) is 35.5. The average molecular weight is 719 g/mol. The van der Waals surface area contributed by atoms with Crippen molar-refractivity contribution in [2.24, 2.45) is 0 Å². The summed E-state index contributed by atoms with van der Waals surface area (Å²) < 4.78 is 40.3. The van der Waals surface area contributed by atoms with Crippen LogP contribution in [0.1, 0.15) is 59.3 Å². The molecule has 0 N–H and O–H groups in total. The van der Waals surface area contributed by atoms with Crippen LogP contribution in [0.3, 0.4) is 0 Å². The van der Waals surface area contributed by atoms with Crippen LogP contribution in [0.5, 0.6) is 11.8 Å². The number of methoxy groups -OCH3 is 1. The first-order valence-corrected chi connectivity index (χ1v) is 18.3. The number of piperazine rings is 1. The number of hydrogen-bond acceptors (Lipinski definition) is 10. The predicted octanol–water partition coefficient (Wildman–Crippen LogP) is 7.22. The number of halogens is 2. The zero-order valence-corrected chi connectivity index (χ0v) is 30.3. The summed E-state index contributed by atoms with van der Waals surface area (Å²) >= 11 is 6.73. The van der Waals surface area contributed by atoms with Gasteiger partial charge < -0.3 is 23.8 Å². The van der Waals surface area contributed by atoms with Crippen LogP contribution in [0.4, 0.5) is 15.0 Å². The number of rotatable bonds is 8. The molecule has 11 nitrogen and oxygen atoms in total. The molecule has 0 aliphatic carbocycles. The number of benzene rings is 2. The Hall–Kier alpha value is -4.00. The Balaban J connectivity index is 1.22. The molecular weight excluding hydrogens is 675 g/mol. The molecule has 2 bridgehead atoms. The molecule has 13 heteroatoms. The number of carbonyl (C=O) groups is 1. The van der Waals surface area contributed by atoms with Gasteiger partial charge in [0.15, 0.2) is 12.6 Å². The van der Waals surface area contributed by atoms with E-state index < -0.39 is 11.4 Å². The summed E-state index contributed by atoms with van der Waals surface area (Å²) in [5, 5.41) is 2.36. The zero-order valence-electron chi connectivity index (χ0n) is 29.6. The van der Waals surface area contributed by atoms with Gasteiger partial charge in [0.1, 0.15) is 35.0 Å². The topological polar surface area (TPSA) is 102 Å². The number of amides is 1. The highest BCUT2D eigenvalue weighted by Gasteiger charge is 2.46. The highest BCUT2D eigenvalue weighted by molar-refractivity contribution is 6.36. The lowest BCUT2D eigenvalue weighted by atomic mass is 9.95. The van der Waals surface area contributed by atoms with Crippen LogP contribution in [0.15, 0.2) is 36.5 Å². The molecule has 0 saturated carbocycles. The molecule has 2 atom stereocenters. The Morgan fingerprint density at radius 1 is 1.06 bits per heavy atom. The molecule has 2 aromatic heterocycles. The van der Waals surface area contributed by atoms with Crippen molar-refractivity contribution in [1.82, 2.24) is 24.8 Å². The third kappa shape index (κ3) is 6.29. The molecule has 51 heavy (non-hydrogen) atoms. The minimum Gasteiger partial charge on any atom is -0.468 e. The second-order valence-electron chi connectivity index (χ2n) is 15.3. The lowest BCUT2D eigenvalue weighted by molar-refractivity contribution is 0.0122. The minimum absolute atomic E-state index is 0.0263. The van der Waals surface area contributed by atoms with E-state index in [9.17, 15) is 4.79 Å². The molecule has 4 aliphatic heterocycles. The number of hydrogen-bond donors (Lipinski definition) is 0. The lowest BCUT2D eigenvalue weighted by Gasteiger charge is -2.42. The smallest absolute Gasteiger partial charge is 0.410 e. The summed E-state index contributed by atoms with van der Waals surface area (Å²) in [4.78, 5) is 34.2. The molecule has 2 aromatic carbocycles. The van der Waals surface area contributed by atoms with Crippen molar-refractivity contribution >= 4 is 45.2 Å². The predicted molar refractivity (Wildman–Crippen MR) is 193 cm³/mol. The minimum atomic E-state index is -0.608. The molecule has 0 unspecified atom stereocenters. The standard InChI is InChI=1S/C38H44ClFN6O5/c1-37(2,3)51-36(47)46-24-10-11-25(46)20-44(19-24)34-28-18-41-32(27-17-26(50-22-48-4)16-23-8-5-9-29(39)30(23)27)31(40)33(28)42-35(43-34)49-21-38-12-6-14-45(38)15-7-13-38/h5,8-9,16-18,24-25H,6-7,10-15,19-22H2,1-4H3/t24-,25+. The van der Waals surface area contributed by atoms with E-state index in [-0.39, 0.29) is 47.7 Å². The second-order valence-corrected chi connectivity index (χ2v) is 15.7. The molecule has 4 saturated heterocycles. The van der Waals surface area contributed by atoms with Crippen LogP contribution < -0.4 is 14.4 Å². The van der Waals surface area contributed by atoms with Gasteiger partial charge in [0, 0.05) is 42.4 Å². The van der Waals surface area contributed by atoms with Crippen LogP contribution in [-0.2, 0) is 9.47 Å². The normalized spacial score (nSPS) is 21.5. The second kappa shape index (κ2) is 13.2. The van der Waals surface area contributed by atoms with Gasteiger partial charge in [-0.3, -0.25) is 14.8 Å². The summed E-state index contributed by atoms with van der Waals surface area (Å²) in [5.41, 5.74) is 0.0312. The van der Waals surface area contributed by atoms with Gasteiger partial charge in [-0.15, -0.1) is 0 Å². The number of ether oxygens (including phenoxy) is 4. The van der Waals surface area contributed by atoms with Gasteiger partial charge in [-0.2, -0.15) is 9.97 Å².